The van der Waals surface area contributed by atoms with E-state index in [9.17, 15) is 9.59 Å². The van der Waals surface area contributed by atoms with Crippen molar-refractivity contribution >= 4 is 11.8 Å². The Kier molecular flexibility index (Phi) is 4.13. The van der Waals surface area contributed by atoms with E-state index in [1.165, 1.54) is 19.1 Å². The van der Waals surface area contributed by atoms with Gasteiger partial charge in [-0.05, 0) is 24.6 Å². The molecule has 90 valence electrons. The molecule has 3 N–H and O–H groups in total. The zero-order valence-electron chi connectivity index (χ0n) is 9.08. The van der Waals surface area contributed by atoms with Gasteiger partial charge >= 0.3 is 0 Å². The summed E-state index contributed by atoms with van der Waals surface area (Å²) in [5.74, 6) is -0.802. The summed E-state index contributed by atoms with van der Waals surface area (Å²) in [7, 11) is 0. The summed E-state index contributed by atoms with van der Waals surface area (Å²) in [6.07, 6.45) is 0. The Morgan fingerprint density at radius 3 is 2.94 bits per heavy atom. The zero-order valence-corrected chi connectivity index (χ0v) is 9.08. The maximum Gasteiger partial charge on any atom is 0.287 e. The third-order valence-electron chi connectivity index (χ3n) is 1.95. The van der Waals surface area contributed by atoms with Crippen LogP contribution < -0.4 is 11.1 Å². The van der Waals surface area contributed by atoms with Gasteiger partial charge in [0, 0.05) is 4.91 Å². The lowest BCUT2D eigenvalue weighted by molar-refractivity contribution is -0.119. The Hall–Kier alpha value is -2.47. The SMILES string of the molecule is C[C@H](NC(=O)c1ccc(CN=[N+]=[N-])o1)C(N)=O. The standard InChI is InChI=1S/C9H11N5O3/c1-5(8(10)15)13-9(16)7-3-2-6(17-7)4-12-14-11/h2-3,5H,4H2,1H3,(H2,10,15)(H,13,16)/t5-/m0/s1. The molecule has 1 heterocycles. The van der Waals surface area contributed by atoms with Gasteiger partial charge in [0.25, 0.3) is 5.91 Å². The maximum absolute atomic E-state index is 11.5. The minimum Gasteiger partial charge on any atom is -0.456 e. The number of hydrogen-bond acceptors (Lipinski definition) is 4. The third-order valence-corrected chi connectivity index (χ3v) is 1.95. The van der Waals surface area contributed by atoms with Gasteiger partial charge in [-0.25, -0.2) is 0 Å². The molecule has 0 unspecified atom stereocenters. The Morgan fingerprint density at radius 2 is 2.35 bits per heavy atom. The van der Waals surface area contributed by atoms with E-state index in [1.54, 1.807) is 0 Å². The highest BCUT2D eigenvalue weighted by molar-refractivity contribution is 5.95. The lowest BCUT2D eigenvalue weighted by atomic mass is 10.3. The Labute approximate surface area is 96.4 Å². The molecule has 0 aliphatic heterocycles. The number of amides is 2. The number of primary amides is 1. The number of nitrogens with zero attached hydrogens (tertiary/aromatic N) is 3. The fourth-order valence-corrected chi connectivity index (χ4v) is 1.03. The summed E-state index contributed by atoms with van der Waals surface area (Å²) in [5.41, 5.74) is 13.1. The zero-order chi connectivity index (χ0) is 12.8. The van der Waals surface area contributed by atoms with Crippen LogP contribution in [0.4, 0.5) is 0 Å². The molecule has 0 spiro atoms. The second-order valence-electron chi connectivity index (χ2n) is 3.25. The third kappa shape index (κ3) is 3.54. The summed E-state index contributed by atoms with van der Waals surface area (Å²) >= 11 is 0. The van der Waals surface area contributed by atoms with Crippen LogP contribution in [0.25, 0.3) is 10.4 Å². The Balaban J connectivity index is 2.66. The van der Waals surface area contributed by atoms with Crippen molar-refractivity contribution in [2.75, 3.05) is 0 Å². The highest BCUT2D eigenvalue weighted by Gasteiger charge is 2.16. The van der Waals surface area contributed by atoms with E-state index in [0.717, 1.165) is 0 Å². The van der Waals surface area contributed by atoms with Crippen molar-refractivity contribution in [2.45, 2.75) is 19.5 Å². The molecule has 0 aromatic carbocycles. The van der Waals surface area contributed by atoms with E-state index >= 15 is 0 Å². The van der Waals surface area contributed by atoms with Gasteiger partial charge < -0.3 is 15.5 Å². The lowest BCUT2D eigenvalue weighted by Gasteiger charge is -2.07. The van der Waals surface area contributed by atoms with Crippen molar-refractivity contribution in [3.05, 3.63) is 34.1 Å². The molecule has 1 aromatic rings. The summed E-state index contributed by atoms with van der Waals surface area (Å²) in [4.78, 5) is 24.8. The predicted molar refractivity (Wildman–Crippen MR) is 57.7 cm³/mol. The quantitative estimate of drug-likeness (QED) is 0.443. The van der Waals surface area contributed by atoms with Gasteiger partial charge in [-0.1, -0.05) is 5.11 Å². The van der Waals surface area contributed by atoms with Crippen LogP contribution in [0.2, 0.25) is 0 Å². The summed E-state index contributed by atoms with van der Waals surface area (Å²) in [6, 6.07) is 2.15. The average Bonchev–Trinajstić information content (AvgIpc) is 2.74. The topological polar surface area (TPSA) is 134 Å². The molecule has 0 fully saturated rings. The van der Waals surface area contributed by atoms with Gasteiger partial charge in [0.15, 0.2) is 5.76 Å². The summed E-state index contributed by atoms with van der Waals surface area (Å²) < 4.78 is 5.10. The van der Waals surface area contributed by atoms with E-state index in [1.807, 2.05) is 0 Å². The van der Waals surface area contributed by atoms with E-state index in [4.69, 9.17) is 15.7 Å². The van der Waals surface area contributed by atoms with Crippen LogP contribution >= 0.6 is 0 Å². The van der Waals surface area contributed by atoms with Gasteiger partial charge in [0.2, 0.25) is 5.91 Å². The van der Waals surface area contributed by atoms with Crippen molar-refractivity contribution < 1.29 is 14.0 Å². The molecular formula is C9H11N5O3. The van der Waals surface area contributed by atoms with Crippen molar-refractivity contribution in [3.8, 4) is 0 Å². The molecule has 0 aliphatic carbocycles. The van der Waals surface area contributed by atoms with E-state index in [-0.39, 0.29) is 12.3 Å². The van der Waals surface area contributed by atoms with Crippen LogP contribution in [0, 0.1) is 0 Å². The number of furan rings is 1. The smallest absolute Gasteiger partial charge is 0.287 e. The molecule has 0 radical (unpaired) electrons. The highest BCUT2D eigenvalue weighted by Crippen LogP contribution is 2.09. The van der Waals surface area contributed by atoms with Crippen LogP contribution in [-0.2, 0) is 11.3 Å². The number of nitrogens with one attached hydrogen (secondary N) is 1. The first kappa shape index (κ1) is 12.6. The molecule has 0 saturated carbocycles. The van der Waals surface area contributed by atoms with Crippen molar-refractivity contribution in [3.63, 3.8) is 0 Å². The molecule has 0 saturated heterocycles. The number of hydrogen-bond donors (Lipinski definition) is 2. The number of azide groups is 1. The van der Waals surface area contributed by atoms with Crippen molar-refractivity contribution in [2.24, 2.45) is 10.8 Å². The largest absolute Gasteiger partial charge is 0.456 e. The molecule has 8 heteroatoms. The van der Waals surface area contributed by atoms with E-state index in [0.29, 0.717) is 5.76 Å². The summed E-state index contributed by atoms with van der Waals surface area (Å²) in [5, 5.41) is 5.64. The van der Waals surface area contributed by atoms with Crippen LogP contribution in [0.3, 0.4) is 0 Å². The van der Waals surface area contributed by atoms with Crippen molar-refractivity contribution in [1.82, 2.24) is 5.32 Å². The van der Waals surface area contributed by atoms with Crippen molar-refractivity contribution in [1.29, 1.82) is 0 Å². The van der Waals surface area contributed by atoms with Crippen LogP contribution in [0.15, 0.2) is 21.7 Å². The molecule has 1 rings (SSSR count). The Bertz CT molecular complexity index is 475. The van der Waals surface area contributed by atoms with Gasteiger partial charge in [-0.2, -0.15) is 0 Å². The van der Waals surface area contributed by atoms with Gasteiger partial charge in [-0.3, -0.25) is 9.59 Å². The second-order valence-corrected chi connectivity index (χ2v) is 3.25. The van der Waals surface area contributed by atoms with Gasteiger partial charge in [-0.15, -0.1) is 0 Å². The Morgan fingerprint density at radius 1 is 1.65 bits per heavy atom. The number of rotatable bonds is 5. The minimum atomic E-state index is -0.784. The van der Waals surface area contributed by atoms with Gasteiger partial charge in [0.1, 0.15) is 11.8 Å². The molecule has 0 aliphatic rings. The molecule has 2 amide bonds. The van der Waals surface area contributed by atoms with Crippen LogP contribution in [0.5, 0.6) is 0 Å². The van der Waals surface area contributed by atoms with Crippen LogP contribution in [0.1, 0.15) is 23.2 Å². The first-order valence-corrected chi connectivity index (χ1v) is 4.74. The lowest BCUT2D eigenvalue weighted by Crippen LogP contribution is -2.42. The number of nitrogens with two attached hydrogens (primary N) is 1. The fourth-order valence-electron chi connectivity index (χ4n) is 1.03. The average molecular weight is 237 g/mol. The van der Waals surface area contributed by atoms with Gasteiger partial charge in [0.05, 0.1) is 6.54 Å². The fraction of sp³-hybridized carbons (Fsp3) is 0.333. The molecule has 1 aromatic heterocycles. The predicted octanol–water partition coefficient (Wildman–Crippen LogP) is 0.694. The van der Waals surface area contributed by atoms with E-state index < -0.39 is 17.9 Å². The minimum absolute atomic E-state index is 0.0230. The summed E-state index contributed by atoms with van der Waals surface area (Å²) in [6.45, 7) is 1.49. The molecule has 8 nitrogen and oxygen atoms in total. The normalized spacial score (nSPS) is 11.4. The van der Waals surface area contributed by atoms with E-state index in [2.05, 4.69) is 15.3 Å². The van der Waals surface area contributed by atoms with Crippen LogP contribution in [-0.4, -0.2) is 17.9 Å². The highest BCUT2D eigenvalue weighted by atomic mass is 16.4. The molecule has 0 bridgehead atoms. The monoisotopic (exact) mass is 237 g/mol. The molecule has 17 heavy (non-hydrogen) atoms. The number of carbonyl (C=O) groups is 2. The maximum atomic E-state index is 11.5. The first-order chi connectivity index (χ1) is 8.04. The first-order valence-electron chi connectivity index (χ1n) is 4.74. The molecule has 1 atom stereocenters. The molecular weight excluding hydrogens is 226 g/mol. The second kappa shape index (κ2) is 5.57. The number of carbonyl (C=O) groups excluding carboxylic acids is 2.